The van der Waals surface area contributed by atoms with Crippen LogP contribution in [0.15, 0.2) is 41.3 Å². The Balaban J connectivity index is 1.92. The number of aryl methyl sites for hydroxylation is 1. The zero-order valence-corrected chi connectivity index (χ0v) is 18.5. The summed E-state index contributed by atoms with van der Waals surface area (Å²) in [6, 6.07) is 6.88. The van der Waals surface area contributed by atoms with E-state index in [2.05, 4.69) is 20.9 Å². The molecule has 2 rings (SSSR count). The van der Waals surface area contributed by atoms with E-state index in [0.29, 0.717) is 25.2 Å². The van der Waals surface area contributed by atoms with E-state index >= 15 is 0 Å². The molecule has 0 aliphatic heterocycles. The number of hydrogen-bond donors (Lipinski definition) is 6. The lowest BCUT2D eigenvalue weighted by Gasteiger charge is -2.20. The van der Waals surface area contributed by atoms with E-state index in [-0.39, 0.29) is 17.3 Å². The fraction of sp³-hybridized carbons (Fsp3) is 0.381. The largest absolute Gasteiger partial charge is 0.394 e. The van der Waals surface area contributed by atoms with Crippen LogP contribution in [0.3, 0.4) is 0 Å². The highest BCUT2D eigenvalue weighted by Crippen LogP contribution is 2.13. The molecule has 0 spiro atoms. The summed E-state index contributed by atoms with van der Waals surface area (Å²) in [5.41, 5.74) is 9.83. The Morgan fingerprint density at radius 1 is 1.18 bits per heavy atom. The minimum absolute atomic E-state index is 0.0886. The first-order valence-corrected chi connectivity index (χ1v) is 10.3. The normalized spacial score (nSPS) is 13.5. The molecule has 12 nitrogen and oxygen atoms in total. The third-order valence-electron chi connectivity index (χ3n) is 4.66. The Labute approximate surface area is 190 Å². The smallest absolute Gasteiger partial charge is 0.349 e. The van der Waals surface area contributed by atoms with Crippen LogP contribution in [0.4, 0.5) is 11.5 Å². The SMILES string of the molecule is C[C@H](N)C(=O)NCCCn1ccc(NC(=O)c2ccc(NC(=O)[C@@](C)(N)CO)cc2)nc1=O. The zero-order valence-electron chi connectivity index (χ0n) is 18.5. The van der Waals surface area contributed by atoms with Crippen LogP contribution in [-0.4, -0.2) is 57.1 Å². The monoisotopic (exact) mass is 459 g/mol. The maximum Gasteiger partial charge on any atom is 0.349 e. The molecule has 1 heterocycles. The van der Waals surface area contributed by atoms with E-state index in [9.17, 15) is 19.2 Å². The molecular weight excluding hydrogens is 430 g/mol. The number of nitrogens with zero attached hydrogens (tertiary/aromatic N) is 2. The van der Waals surface area contributed by atoms with Gasteiger partial charge in [-0.3, -0.25) is 19.0 Å². The first-order valence-electron chi connectivity index (χ1n) is 10.3. The van der Waals surface area contributed by atoms with Gasteiger partial charge in [-0.15, -0.1) is 0 Å². The molecule has 0 saturated carbocycles. The van der Waals surface area contributed by atoms with Crippen molar-refractivity contribution in [2.75, 3.05) is 23.8 Å². The van der Waals surface area contributed by atoms with Crippen LogP contribution >= 0.6 is 0 Å². The van der Waals surface area contributed by atoms with E-state index in [1.165, 1.54) is 48.0 Å². The van der Waals surface area contributed by atoms with Gasteiger partial charge in [-0.2, -0.15) is 4.98 Å². The second kappa shape index (κ2) is 11.3. The fourth-order valence-electron chi connectivity index (χ4n) is 2.53. The molecule has 0 aliphatic rings. The number of nitrogens with two attached hydrogens (primary N) is 2. The molecule has 0 bridgehead atoms. The van der Waals surface area contributed by atoms with Crippen LogP contribution in [0.5, 0.6) is 0 Å². The third-order valence-corrected chi connectivity index (χ3v) is 4.66. The number of rotatable bonds is 10. The van der Waals surface area contributed by atoms with Crippen LogP contribution in [0.1, 0.15) is 30.6 Å². The number of anilines is 2. The maximum absolute atomic E-state index is 12.4. The van der Waals surface area contributed by atoms with Crippen molar-refractivity contribution in [3.63, 3.8) is 0 Å². The van der Waals surface area contributed by atoms with Crippen LogP contribution in [0.25, 0.3) is 0 Å². The Morgan fingerprint density at radius 3 is 2.42 bits per heavy atom. The van der Waals surface area contributed by atoms with Gasteiger partial charge < -0.3 is 32.5 Å². The van der Waals surface area contributed by atoms with Crippen molar-refractivity contribution in [2.45, 2.75) is 38.4 Å². The van der Waals surface area contributed by atoms with Gasteiger partial charge in [-0.25, -0.2) is 4.79 Å². The molecule has 0 fully saturated rings. The van der Waals surface area contributed by atoms with E-state index < -0.39 is 35.7 Å². The Bertz CT molecular complexity index is 1050. The second-order valence-corrected chi connectivity index (χ2v) is 7.78. The van der Waals surface area contributed by atoms with Gasteiger partial charge in [0.2, 0.25) is 11.8 Å². The number of aliphatic hydroxyl groups excluding tert-OH is 1. The summed E-state index contributed by atoms with van der Waals surface area (Å²) in [4.78, 5) is 51.8. The van der Waals surface area contributed by atoms with Gasteiger partial charge in [0.1, 0.15) is 11.4 Å². The Kier molecular flexibility index (Phi) is 8.79. The maximum atomic E-state index is 12.4. The standard InChI is InChI=1S/C21H29N7O5/c1-13(22)17(30)24-9-3-10-28-11-8-16(27-20(28)33)26-18(31)14-4-6-15(7-5-14)25-19(32)21(2,23)12-29/h4-8,11,13,29H,3,9-10,12,22-23H2,1-2H3,(H,24,30)(H,25,32)(H,26,27,31,33)/t13-,21-/m0/s1. The summed E-state index contributed by atoms with van der Waals surface area (Å²) in [5.74, 6) is -1.24. The molecule has 33 heavy (non-hydrogen) atoms. The van der Waals surface area contributed by atoms with Gasteiger partial charge >= 0.3 is 5.69 Å². The van der Waals surface area contributed by atoms with E-state index in [4.69, 9.17) is 16.6 Å². The molecule has 0 unspecified atom stereocenters. The van der Waals surface area contributed by atoms with Gasteiger partial charge in [0.25, 0.3) is 5.91 Å². The fourth-order valence-corrected chi connectivity index (χ4v) is 2.53. The average Bonchev–Trinajstić information content (AvgIpc) is 2.78. The van der Waals surface area contributed by atoms with Gasteiger partial charge in [-0.1, -0.05) is 0 Å². The summed E-state index contributed by atoms with van der Waals surface area (Å²) in [5, 5.41) is 16.9. The van der Waals surface area contributed by atoms with Crippen molar-refractivity contribution in [3.05, 3.63) is 52.6 Å². The van der Waals surface area contributed by atoms with Crippen LogP contribution < -0.4 is 33.1 Å². The molecule has 0 aliphatic carbocycles. The number of carbonyl (C=O) groups excluding carboxylic acids is 3. The molecule has 1 aromatic carbocycles. The first kappa shape index (κ1) is 25.6. The van der Waals surface area contributed by atoms with Gasteiger partial charge in [-0.05, 0) is 50.6 Å². The topological polar surface area (TPSA) is 194 Å². The molecule has 1 aromatic heterocycles. The summed E-state index contributed by atoms with van der Waals surface area (Å²) < 4.78 is 1.36. The van der Waals surface area contributed by atoms with E-state index in [0.717, 1.165) is 0 Å². The number of hydrogen-bond acceptors (Lipinski definition) is 8. The summed E-state index contributed by atoms with van der Waals surface area (Å²) >= 11 is 0. The quantitative estimate of drug-likeness (QED) is 0.243. The predicted octanol–water partition coefficient (Wildman–Crippen LogP) is -1.00. The number of benzene rings is 1. The van der Waals surface area contributed by atoms with Crippen LogP contribution in [0.2, 0.25) is 0 Å². The third kappa shape index (κ3) is 7.49. The number of aromatic nitrogens is 2. The molecule has 3 amide bonds. The molecular formula is C21H29N7O5. The summed E-state index contributed by atoms with van der Waals surface area (Å²) in [7, 11) is 0. The highest BCUT2D eigenvalue weighted by Gasteiger charge is 2.27. The van der Waals surface area contributed by atoms with Gasteiger partial charge in [0.15, 0.2) is 0 Å². The van der Waals surface area contributed by atoms with Crippen LogP contribution in [-0.2, 0) is 16.1 Å². The van der Waals surface area contributed by atoms with Gasteiger partial charge in [0, 0.05) is 30.5 Å². The number of carbonyl (C=O) groups is 3. The van der Waals surface area contributed by atoms with Crippen molar-refractivity contribution in [1.29, 1.82) is 0 Å². The van der Waals surface area contributed by atoms with Crippen molar-refractivity contribution in [3.8, 4) is 0 Å². The lowest BCUT2D eigenvalue weighted by atomic mass is 10.0. The molecule has 178 valence electrons. The second-order valence-electron chi connectivity index (χ2n) is 7.78. The Hall–Kier alpha value is -3.61. The van der Waals surface area contributed by atoms with E-state index in [1.807, 2.05) is 0 Å². The first-order chi connectivity index (χ1) is 15.5. The van der Waals surface area contributed by atoms with E-state index in [1.54, 1.807) is 6.92 Å². The van der Waals surface area contributed by atoms with Crippen molar-refractivity contribution < 1.29 is 19.5 Å². The molecule has 8 N–H and O–H groups in total. The van der Waals surface area contributed by atoms with Crippen molar-refractivity contribution in [1.82, 2.24) is 14.9 Å². The molecule has 12 heteroatoms. The lowest BCUT2D eigenvalue weighted by Crippen LogP contribution is -2.51. The average molecular weight is 460 g/mol. The highest BCUT2D eigenvalue weighted by molar-refractivity contribution is 6.04. The van der Waals surface area contributed by atoms with Gasteiger partial charge in [0.05, 0.1) is 12.6 Å². The summed E-state index contributed by atoms with van der Waals surface area (Å²) in [6.07, 6.45) is 2.01. The van der Waals surface area contributed by atoms with Crippen molar-refractivity contribution in [2.24, 2.45) is 11.5 Å². The molecule has 0 radical (unpaired) electrons. The Morgan fingerprint density at radius 2 is 1.85 bits per heavy atom. The van der Waals surface area contributed by atoms with Crippen molar-refractivity contribution >= 4 is 29.2 Å². The number of amides is 3. The predicted molar refractivity (Wildman–Crippen MR) is 122 cm³/mol. The molecule has 0 saturated heterocycles. The summed E-state index contributed by atoms with van der Waals surface area (Å²) in [6.45, 7) is 3.16. The zero-order chi connectivity index (χ0) is 24.6. The lowest BCUT2D eigenvalue weighted by molar-refractivity contribution is -0.122. The molecule has 2 aromatic rings. The molecule has 2 atom stereocenters. The van der Waals surface area contributed by atoms with Crippen LogP contribution in [0, 0.1) is 0 Å². The highest BCUT2D eigenvalue weighted by atomic mass is 16.3. The minimum atomic E-state index is -1.43. The minimum Gasteiger partial charge on any atom is -0.394 e. The number of nitrogens with one attached hydrogen (secondary N) is 3. The number of aliphatic hydroxyl groups is 1.